The number of nitrogen functional groups attached to an aromatic ring is 1. The van der Waals surface area contributed by atoms with E-state index in [0.29, 0.717) is 11.6 Å². The van der Waals surface area contributed by atoms with Crippen molar-refractivity contribution in [2.75, 3.05) is 17.2 Å². The Morgan fingerprint density at radius 1 is 1.00 bits per heavy atom. The van der Waals surface area contributed by atoms with Crippen molar-refractivity contribution in [3.05, 3.63) is 82.2 Å². The Bertz CT molecular complexity index is 1490. The van der Waals surface area contributed by atoms with E-state index in [2.05, 4.69) is 4.98 Å². The van der Waals surface area contributed by atoms with E-state index in [4.69, 9.17) is 11.1 Å². The van der Waals surface area contributed by atoms with Crippen molar-refractivity contribution in [2.24, 2.45) is 0 Å². The van der Waals surface area contributed by atoms with Gasteiger partial charge in [0, 0.05) is 30.2 Å². The van der Waals surface area contributed by atoms with Gasteiger partial charge in [-0.15, -0.1) is 0 Å². The highest BCUT2D eigenvalue weighted by molar-refractivity contribution is 7.97. The zero-order chi connectivity index (χ0) is 30.1. The average Bonchev–Trinajstić information content (AvgIpc) is 2.99. The number of benzene rings is 2. The summed E-state index contributed by atoms with van der Waals surface area (Å²) in [4.78, 5) is 18.3. The van der Waals surface area contributed by atoms with Gasteiger partial charge in [-0.2, -0.15) is 0 Å². The molecule has 3 N–H and O–H groups in total. The maximum atomic E-state index is 15.3. The third-order valence-electron chi connectivity index (χ3n) is 7.74. The van der Waals surface area contributed by atoms with Gasteiger partial charge in [0.2, 0.25) is 11.7 Å². The lowest BCUT2D eigenvalue weighted by Gasteiger charge is -2.41. The van der Waals surface area contributed by atoms with Gasteiger partial charge in [0.15, 0.2) is 23.3 Å². The number of nitrogens with two attached hydrogens (primary N) is 1. The number of anilines is 2. The zero-order valence-corrected chi connectivity index (χ0v) is 23.1. The molecule has 1 aliphatic heterocycles. The van der Waals surface area contributed by atoms with Crippen molar-refractivity contribution in [1.29, 1.82) is 5.41 Å². The van der Waals surface area contributed by atoms with Gasteiger partial charge in [0.1, 0.15) is 16.8 Å². The second kappa shape index (κ2) is 12.3. The van der Waals surface area contributed by atoms with Crippen molar-refractivity contribution in [2.45, 2.75) is 61.9 Å². The molecule has 1 aromatic heterocycles. The van der Waals surface area contributed by atoms with Gasteiger partial charge in [-0.05, 0) is 60.9 Å². The van der Waals surface area contributed by atoms with Crippen LogP contribution in [-0.2, 0) is 11.3 Å². The fourth-order valence-corrected chi connectivity index (χ4v) is 6.35. The first-order chi connectivity index (χ1) is 20.1. The third-order valence-corrected chi connectivity index (χ3v) is 8.96. The normalized spacial score (nSPS) is 17.6. The number of halogens is 6. The summed E-state index contributed by atoms with van der Waals surface area (Å²) in [5.74, 6) is -11.6. The lowest BCUT2D eigenvalue weighted by Crippen LogP contribution is -2.54. The summed E-state index contributed by atoms with van der Waals surface area (Å²) in [5.41, 5.74) is 7.45. The van der Waals surface area contributed by atoms with Gasteiger partial charge >= 0.3 is 0 Å². The molecule has 2 aliphatic rings. The monoisotopic (exact) mass is 607 g/mol. The van der Waals surface area contributed by atoms with Crippen LogP contribution in [0.2, 0.25) is 0 Å². The molecule has 1 saturated heterocycles. The minimum atomic E-state index is -2.28. The molecule has 0 bridgehead atoms. The standard InChI is InChI=1S/C29H27F6N5OS/c30-19-10-17(12-36)20(37)11-22(19)39(14-18-7-6-16(13-38-18)15-4-2-1-3-5-15)29(41)21-8-9-40(21)42-28-26(34)24(32)23(31)25(33)27(28)35/h6-7,10-13,15,21,36H,1-5,8-9,14,37H2/t21-/m1/s1. The lowest BCUT2D eigenvalue weighted by atomic mass is 9.85. The molecule has 42 heavy (non-hydrogen) atoms. The molecule has 1 aliphatic carbocycles. The number of amides is 1. The maximum absolute atomic E-state index is 15.3. The van der Waals surface area contributed by atoms with Gasteiger partial charge in [0.25, 0.3) is 0 Å². The summed E-state index contributed by atoms with van der Waals surface area (Å²) in [7, 11) is 0. The van der Waals surface area contributed by atoms with E-state index in [1.807, 2.05) is 6.07 Å². The zero-order valence-electron chi connectivity index (χ0n) is 22.3. The lowest BCUT2D eigenvalue weighted by molar-refractivity contribution is -0.124. The van der Waals surface area contributed by atoms with E-state index < -0.39 is 51.7 Å². The van der Waals surface area contributed by atoms with Gasteiger partial charge < -0.3 is 16.0 Å². The van der Waals surface area contributed by atoms with E-state index in [1.165, 1.54) is 16.8 Å². The van der Waals surface area contributed by atoms with Gasteiger partial charge in [0.05, 0.1) is 17.9 Å². The molecule has 13 heteroatoms. The Kier molecular flexibility index (Phi) is 8.78. The van der Waals surface area contributed by atoms with Gasteiger partial charge in [-0.1, -0.05) is 25.3 Å². The van der Waals surface area contributed by atoms with Crippen molar-refractivity contribution >= 4 is 35.4 Å². The molecule has 1 amide bonds. The Morgan fingerprint density at radius 3 is 2.24 bits per heavy atom. The molecule has 0 spiro atoms. The van der Waals surface area contributed by atoms with Crippen LogP contribution in [0.1, 0.15) is 61.3 Å². The van der Waals surface area contributed by atoms with Crippen LogP contribution in [0.15, 0.2) is 35.4 Å². The molecule has 0 radical (unpaired) electrons. The van der Waals surface area contributed by atoms with Crippen molar-refractivity contribution in [1.82, 2.24) is 9.29 Å². The molecule has 222 valence electrons. The van der Waals surface area contributed by atoms with Crippen LogP contribution in [0, 0.1) is 40.3 Å². The molecule has 1 saturated carbocycles. The summed E-state index contributed by atoms with van der Waals surface area (Å²) in [6, 6.07) is 4.83. The fraction of sp³-hybridized carbons (Fsp3) is 0.345. The minimum absolute atomic E-state index is 0.0426. The molecule has 3 aromatic rings. The molecular weight excluding hydrogens is 580 g/mol. The summed E-state index contributed by atoms with van der Waals surface area (Å²) < 4.78 is 86.2. The summed E-state index contributed by atoms with van der Waals surface area (Å²) in [5, 5.41) is 7.44. The molecule has 0 unspecified atom stereocenters. The minimum Gasteiger partial charge on any atom is -0.398 e. The number of hydrogen-bond donors (Lipinski definition) is 2. The molecule has 2 heterocycles. The number of rotatable bonds is 8. The summed E-state index contributed by atoms with van der Waals surface area (Å²) in [6.45, 7) is -0.0816. The van der Waals surface area contributed by atoms with Crippen LogP contribution in [0.5, 0.6) is 0 Å². The molecule has 2 fully saturated rings. The molecular formula is C29H27F6N5OS. The first kappa shape index (κ1) is 29.9. The second-order valence-corrected chi connectivity index (χ2v) is 11.4. The Labute approximate surface area is 242 Å². The largest absolute Gasteiger partial charge is 0.398 e. The highest BCUT2D eigenvalue weighted by Gasteiger charge is 2.41. The van der Waals surface area contributed by atoms with Gasteiger partial charge in [-0.3, -0.25) is 9.78 Å². The van der Waals surface area contributed by atoms with E-state index in [9.17, 15) is 26.7 Å². The van der Waals surface area contributed by atoms with Crippen LogP contribution in [0.4, 0.5) is 37.7 Å². The van der Waals surface area contributed by atoms with Crippen molar-refractivity contribution in [3.63, 3.8) is 0 Å². The van der Waals surface area contributed by atoms with E-state index in [-0.39, 0.29) is 48.4 Å². The highest BCUT2D eigenvalue weighted by Crippen LogP contribution is 2.39. The number of nitrogens with one attached hydrogen (secondary N) is 1. The topological polar surface area (TPSA) is 86.3 Å². The maximum Gasteiger partial charge on any atom is 0.245 e. The highest BCUT2D eigenvalue weighted by atomic mass is 32.2. The van der Waals surface area contributed by atoms with Crippen LogP contribution in [0.3, 0.4) is 0 Å². The summed E-state index contributed by atoms with van der Waals surface area (Å²) in [6.07, 6.45) is 8.40. The Balaban J connectivity index is 1.44. The van der Waals surface area contributed by atoms with Crippen molar-refractivity contribution in [3.8, 4) is 0 Å². The number of pyridine rings is 1. The van der Waals surface area contributed by atoms with Crippen LogP contribution in [0.25, 0.3) is 0 Å². The number of hydrogen-bond acceptors (Lipinski definition) is 6. The molecule has 1 atom stereocenters. The Morgan fingerprint density at radius 2 is 1.67 bits per heavy atom. The third kappa shape index (κ3) is 5.71. The molecule has 6 nitrogen and oxygen atoms in total. The predicted octanol–water partition coefficient (Wildman–Crippen LogP) is 6.86. The average molecular weight is 608 g/mol. The van der Waals surface area contributed by atoms with Crippen LogP contribution >= 0.6 is 11.9 Å². The van der Waals surface area contributed by atoms with E-state index in [0.717, 1.165) is 48.4 Å². The van der Waals surface area contributed by atoms with E-state index >= 15 is 4.39 Å². The number of nitrogens with zero attached hydrogens (tertiary/aromatic N) is 3. The summed E-state index contributed by atoms with van der Waals surface area (Å²) >= 11 is 0.232. The second-order valence-electron chi connectivity index (χ2n) is 10.4. The number of aromatic nitrogens is 1. The quantitative estimate of drug-likeness (QED) is 0.0730. The van der Waals surface area contributed by atoms with Crippen LogP contribution in [-0.4, -0.2) is 34.0 Å². The number of carbonyl (C=O) groups is 1. The number of carbonyl (C=O) groups excluding carboxylic acids is 1. The first-order valence-electron chi connectivity index (χ1n) is 13.4. The Hall–Kier alpha value is -3.58. The fourth-order valence-electron chi connectivity index (χ4n) is 5.26. The smallest absolute Gasteiger partial charge is 0.245 e. The van der Waals surface area contributed by atoms with Crippen molar-refractivity contribution < 1.29 is 31.1 Å². The van der Waals surface area contributed by atoms with Crippen LogP contribution < -0.4 is 10.6 Å². The molecule has 2 aromatic carbocycles. The predicted molar refractivity (Wildman–Crippen MR) is 147 cm³/mol. The SMILES string of the molecule is N=Cc1cc(F)c(N(Cc2ccc(C3CCCCC3)cn2)C(=O)[C@H]2CCN2Sc2c(F)c(F)c(F)c(F)c2F)cc1N. The molecule has 5 rings (SSSR count). The first-order valence-corrected chi connectivity index (χ1v) is 14.2. The van der Waals surface area contributed by atoms with Gasteiger partial charge in [-0.25, -0.2) is 30.6 Å². The van der Waals surface area contributed by atoms with E-state index in [1.54, 1.807) is 12.3 Å².